The van der Waals surface area contributed by atoms with Crippen LogP contribution in [0, 0.1) is 0 Å². The van der Waals surface area contributed by atoms with Crippen LogP contribution in [0.3, 0.4) is 0 Å². The highest BCUT2D eigenvalue weighted by Gasteiger charge is 2.25. The first-order chi connectivity index (χ1) is 8.59. The van der Waals surface area contributed by atoms with Crippen molar-refractivity contribution in [1.29, 1.82) is 0 Å². The number of benzene rings is 1. The zero-order chi connectivity index (χ0) is 13.0. The molecule has 1 aliphatic heterocycles. The van der Waals surface area contributed by atoms with Gasteiger partial charge in [0, 0.05) is 38.8 Å². The largest absolute Gasteiger partial charge is 0.380 e. The molecule has 100 valence electrons. The summed E-state index contributed by atoms with van der Waals surface area (Å²) < 4.78 is 5.18. The molecule has 1 saturated heterocycles. The first kappa shape index (κ1) is 13.5. The maximum atomic E-state index is 5.18. The smallest absolute Gasteiger partial charge is 0.0713 e. The number of hydrogen-bond donors (Lipinski definition) is 1. The molecule has 1 aromatic carbocycles. The fourth-order valence-corrected chi connectivity index (χ4v) is 2.62. The molecule has 0 aromatic heterocycles. The summed E-state index contributed by atoms with van der Waals surface area (Å²) >= 11 is 0. The highest BCUT2D eigenvalue weighted by atomic mass is 16.5. The molecule has 3 nitrogen and oxygen atoms in total. The Hall–Kier alpha value is -0.900. The molecule has 1 N–H and O–H groups in total. The van der Waals surface area contributed by atoms with Crippen molar-refractivity contribution in [2.24, 2.45) is 0 Å². The van der Waals surface area contributed by atoms with Crippen LogP contribution >= 0.6 is 0 Å². The molecule has 2 rings (SSSR count). The quantitative estimate of drug-likeness (QED) is 0.882. The summed E-state index contributed by atoms with van der Waals surface area (Å²) in [5, 5.41) is 3.54. The lowest BCUT2D eigenvalue weighted by Crippen LogP contribution is -2.56. The van der Waals surface area contributed by atoms with Crippen LogP contribution in [0.2, 0.25) is 0 Å². The molecule has 0 aliphatic carbocycles. The van der Waals surface area contributed by atoms with Crippen LogP contribution in [0.4, 0.5) is 0 Å². The van der Waals surface area contributed by atoms with Crippen LogP contribution in [-0.2, 0) is 17.9 Å². The van der Waals surface area contributed by atoms with Crippen molar-refractivity contribution < 1.29 is 4.74 Å². The maximum Gasteiger partial charge on any atom is 0.0713 e. The lowest BCUT2D eigenvalue weighted by molar-refractivity contribution is 0.148. The Kier molecular flexibility index (Phi) is 4.38. The van der Waals surface area contributed by atoms with Gasteiger partial charge in [-0.3, -0.25) is 4.90 Å². The fraction of sp³-hybridized carbons (Fsp3) is 0.600. The number of nitrogens with one attached hydrogen (secondary N) is 1. The normalized spacial score (nSPS) is 19.9. The predicted octanol–water partition coefficient (Wildman–Crippen LogP) is 2.02. The standard InChI is InChI=1S/C15H24N2O/c1-15(2)12-17(8-7-16-15)10-13-5-4-6-14(9-13)11-18-3/h4-6,9,16H,7-8,10-12H2,1-3H3. The van der Waals surface area contributed by atoms with Gasteiger partial charge in [0.1, 0.15) is 0 Å². The van der Waals surface area contributed by atoms with Gasteiger partial charge in [0.05, 0.1) is 6.61 Å². The second-order valence-electron chi connectivity index (χ2n) is 5.77. The van der Waals surface area contributed by atoms with Gasteiger partial charge in [0.2, 0.25) is 0 Å². The van der Waals surface area contributed by atoms with E-state index in [0.717, 1.165) is 26.2 Å². The third-order valence-corrected chi connectivity index (χ3v) is 3.36. The number of piperazine rings is 1. The zero-order valence-corrected chi connectivity index (χ0v) is 11.7. The average molecular weight is 248 g/mol. The molecule has 0 bridgehead atoms. The molecule has 0 saturated carbocycles. The fourth-order valence-electron chi connectivity index (χ4n) is 2.62. The minimum Gasteiger partial charge on any atom is -0.380 e. The Morgan fingerprint density at radius 3 is 2.83 bits per heavy atom. The molecule has 0 radical (unpaired) electrons. The monoisotopic (exact) mass is 248 g/mol. The van der Waals surface area contributed by atoms with E-state index < -0.39 is 0 Å². The molecule has 0 amide bonds. The maximum absolute atomic E-state index is 5.18. The van der Waals surface area contributed by atoms with Gasteiger partial charge in [0.15, 0.2) is 0 Å². The van der Waals surface area contributed by atoms with Crippen molar-refractivity contribution in [3.63, 3.8) is 0 Å². The minimum atomic E-state index is 0.225. The molecular formula is C15H24N2O. The number of nitrogens with zero attached hydrogens (tertiary/aromatic N) is 1. The average Bonchev–Trinajstić information content (AvgIpc) is 2.28. The molecule has 3 heteroatoms. The topological polar surface area (TPSA) is 24.5 Å². The second-order valence-corrected chi connectivity index (χ2v) is 5.77. The van der Waals surface area contributed by atoms with Crippen molar-refractivity contribution in [1.82, 2.24) is 10.2 Å². The molecule has 1 aliphatic rings. The van der Waals surface area contributed by atoms with E-state index in [1.165, 1.54) is 11.1 Å². The third kappa shape index (κ3) is 3.80. The van der Waals surface area contributed by atoms with Crippen LogP contribution in [0.1, 0.15) is 25.0 Å². The number of rotatable bonds is 4. The first-order valence-corrected chi connectivity index (χ1v) is 6.63. The van der Waals surface area contributed by atoms with Crippen LogP contribution in [-0.4, -0.2) is 37.2 Å². The summed E-state index contributed by atoms with van der Waals surface area (Å²) in [5.74, 6) is 0. The van der Waals surface area contributed by atoms with Gasteiger partial charge in [-0.25, -0.2) is 0 Å². The van der Waals surface area contributed by atoms with Gasteiger partial charge in [-0.1, -0.05) is 24.3 Å². The molecular weight excluding hydrogens is 224 g/mol. The summed E-state index contributed by atoms with van der Waals surface area (Å²) in [6, 6.07) is 8.69. The lowest BCUT2D eigenvalue weighted by Gasteiger charge is -2.39. The number of methoxy groups -OCH3 is 1. The Balaban J connectivity index is 1.98. The lowest BCUT2D eigenvalue weighted by atomic mass is 10.0. The van der Waals surface area contributed by atoms with Crippen LogP contribution in [0.25, 0.3) is 0 Å². The SMILES string of the molecule is COCc1cccc(CN2CCNC(C)(C)C2)c1. The van der Waals surface area contributed by atoms with Crippen LogP contribution in [0.5, 0.6) is 0 Å². The molecule has 1 aromatic rings. The molecule has 0 spiro atoms. The van der Waals surface area contributed by atoms with E-state index in [4.69, 9.17) is 4.74 Å². The van der Waals surface area contributed by atoms with Crippen molar-refractivity contribution in [2.75, 3.05) is 26.7 Å². The Morgan fingerprint density at radius 2 is 2.11 bits per heavy atom. The Labute approximate surface area is 110 Å². The van der Waals surface area contributed by atoms with Crippen LogP contribution in [0.15, 0.2) is 24.3 Å². The van der Waals surface area contributed by atoms with E-state index in [1.807, 2.05) is 0 Å². The van der Waals surface area contributed by atoms with E-state index >= 15 is 0 Å². The van der Waals surface area contributed by atoms with Gasteiger partial charge < -0.3 is 10.1 Å². The van der Waals surface area contributed by atoms with Gasteiger partial charge in [-0.15, -0.1) is 0 Å². The number of hydrogen-bond acceptors (Lipinski definition) is 3. The van der Waals surface area contributed by atoms with E-state index in [1.54, 1.807) is 7.11 Å². The van der Waals surface area contributed by atoms with Gasteiger partial charge >= 0.3 is 0 Å². The van der Waals surface area contributed by atoms with Gasteiger partial charge in [0.25, 0.3) is 0 Å². The Bertz CT molecular complexity index is 390. The first-order valence-electron chi connectivity index (χ1n) is 6.63. The molecule has 0 atom stereocenters. The summed E-state index contributed by atoms with van der Waals surface area (Å²) in [6.45, 7) is 9.55. The van der Waals surface area contributed by atoms with Crippen molar-refractivity contribution in [2.45, 2.75) is 32.5 Å². The highest BCUT2D eigenvalue weighted by molar-refractivity contribution is 5.23. The predicted molar refractivity (Wildman–Crippen MR) is 74.5 cm³/mol. The summed E-state index contributed by atoms with van der Waals surface area (Å²) in [5.41, 5.74) is 2.86. The van der Waals surface area contributed by atoms with Gasteiger partial charge in [-0.05, 0) is 25.0 Å². The van der Waals surface area contributed by atoms with Crippen molar-refractivity contribution >= 4 is 0 Å². The van der Waals surface area contributed by atoms with E-state index in [2.05, 4.69) is 48.3 Å². The highest BCUT2D eigenvalue weighted by Crippen LogP contribution is 2.14. The molecule has 1 fully saturated rings. The summed E-state index contributed by atoms with van der Waals surface area (Å²) in [6.07, 6.45) is 0. The number of ether oxygens (including phenoxy) is 1. The van der Waals surface area contributed by atoms with Crippen molar-refractivity contribution in [3.05, 3.63) is 35.4 Å². The van der Waals surface area contributed by atoms with E-state index in [9.17, 15) is 0 Å². The van der Waals surface area contributed by atoms with E-state index in [0.29, 0.717) is 6.61 Å². The zero-order valence-electron chi connectivity index (χ0n) is 11.7. The van der Waals surface area contributed by atoms with Crippen molar-refractivity contribution in [3.8, 4) is 0 Å². The molecule has 18 heavy (non-hydrogen) atoms. The molecule has 1 heterocycles. The minimum absolute atomic E-state index is 0.225. The van der Waals surface area contributed by atoms with Gasteiger partial charge in [-0.2, -0.15) is 0 Å². The Morgan fingerprint density at radius 1 is 1.33 bits per heavy atom. The second kappa shape index (κ2) is 5.83. The molecule has 0 unspecified atom stereocenters. The van der Waals surface area contributed by atoms with E-state index in [-0.39, 0.29) is 5.54 Å². The summed E-state index contributed by atoms with van der Waals surface area (Å²) in [4.78, 5) is 2.52. The summed E-state index contributed by atoms with van der Waals surface area (Å²) in [7, 11) is 1.74. The van der Waals surface area contributed by atoms with Crippen LogP contribution < -0.4 is 5.32 Å². The third-order valence-electron chi connectivity index (χ3n) is 3.36.